The minimum absolute atomic E-state index is 0. The molecule has 0 bridgehead atoms. The van der Waals surface area contributed by atoms with Crippen LogP contribution in [0.25, 0.3) is 34.0 Å². The van der Waals surface area contributed by atoms with Crippen LogP contribution in [0.4, 0.5) is 11.4 Å². The molecule has 2 heterocycles. The fraction of sp³-hybridized carbons (Fsp3) is 0.304. The highest BCUT2D eigenvalue weighted by molar-refractivity contribution is 6.24. The number of amides is 1. The third kappa shape index (κ3) is 10.1. The Bertz CT molecular complexity index is 2580. The van der Waals surface area contributed by atoms with Crippen molar-refractivity contribution in [1.29, 1.82) is 10.5 Å². The summed E-state index contributed by atoms with van der Waals surface area (Å²) in [7, 11) is 0. The predicted molar refractivity (Wildman–Crippen MR) is 263 cm³/mol. The Hall–Kier alpha value is -7.14. The Morgan fingerprint density at radius 1 is 0.621 bits per heavy atom. The topological polar surface area (TPSA) is 123 Å². The van der Waals surface area contributed by atoms with Gasteiger partial charge in [-0.2, -0.15) is 10.5 Å². The van der Waals surface area contributed by atoms with E-state index in [0.717, 1.165) is 96.2 Å². The molecule has 2 saturated heterocycles. The summed E-state index contributed by atoms with van der Waals surface area (Å²) in [5.74, 6) is 0.465. The van der Waals surface area contributed by atoms with Crippen molar-refractivity contribution in [2.24, 2.45) is 16.7 Å². The maximum Gasteiger partial charge on any atom is 0.225 e. The third-order valence-electron chi connectivity index (χ3n) is 13.4. The van der Waals surface area contributed by atoms with Gasteiger partial charge in [-0.15, -0.1) is 12.4 Å². The lowest BCUT2D eigenvalue weighted by Gasteiger charge is -2.51. The van der Waals surface area contributed by atoms with E-state index in [2.05, 4.69) is 41.0 Å². The van der Waals surface area contributed by atoms with E-state index < -0.39 is 5.41 Å². The molecule has 2 saturated carbocycles. The molecule has 10 heteroatoms. The van der Waals surface area contributed by atoms with E-state index in [1.165, 1.54) is 0 Å². The van der Waals surface area contributed by atoms with Crippen LogP contribution in [0.1, 0.15) is 98.6 Å². The van der Waals surface area contributed by atoms with Crippen LogP contribution in [0.3, 0.4) is 0 Å². The number of halogens is 1. The van der Waals surface area contributed by atoms with Gasteiger partial charge in [-0.3, -0.25) is 14.4 Å². The average molecular weight is 894 g/mol. The molecule has 0 unspecified atom stereocenters. The van der Waals surface area contributed by atoms with Gasteiger partial charge < -0.3 is 10.2 Å². The molecule has 4 aromatic carbocycles. The van der Waals surface area contributed by atoms with Crippen molar-refractivity contribution >= 4 is 65.6 Å². The molecular formula is C56H53ClN6O3. The fourth-order valence-electron chi connectivity index (χ4n) is 9.79. The molecule has 9 nitrogen and oxygen atoms in total. The number of nitrogens with zero attached hydrogens (tertiary/aromatic N) is 5. The second-order valence-electron chi connectivity index (χ2n) is 17.3. The molecular weight excluding hydrogens is 840 g/mol. The van der Waals surface area contributed by atoms with E-state index in [-0.39, 0.29) is 41.2 Å². The van der Waals surface area contributed by atoms with Crippen molar-refractivity contribution in [3.05, 3.63) is 176 Å². The first-order chi connectivity index (χ1) is 31.6. The number of likely N-dealkylation sites (tertiary alicyclic amines) is 1. The number of carbonyl (C=O) groups excluding carboxylic acids is 3. The molecule has 2 spiro atoms. The molecule has 2 aliphatic heterocycles. The second-order valence-corrected chi connectivity index (χ2v) is 17.3. The molecule has 8 rings (SSSR count). The lowest BCUT2D eigenvalue weighted by molar-refractivity contribution is -0.138. The van der Waals surface area contributed by atoms with E-state index in [0.29, 0.717) is 48.4 Å². The van der Waals surface area contributed by atoms with E-state index in [9.17, 15) is 14.4 Å². The summed E-state index contributed by atoms with van der Waals surface area (Å²) in [6.07, 6.45) is 14.9. The van der Waals surface area contributed by atoms with E-state index in [4.69, 9.17) is 23.7 Å². The van der Waals surface area contributed by atoms with Crippen LogP contribution in [0.15, 0.2) is 119 Å². The number of nitriles is 2. The molecule has 4 fully saturated rings. The smallest absolute Gasteiger partial charge is 0.225 e. The van der Waals surface area contributed by atoms with Crippen LogP contribution >= 0.6 is 12.4 Å². The summed E-state index contributed by atoms with van der Waals surface area (Å²) in [6.45, 7) is 21.5. The molecule has 66 heavy (non-hydrogen) atoms. The first-order valence-corrected chi connectivity index (χ1v) is 22.5. The minimum atomic E-state index is -0.398. The number of hydrogen-bond donors (Lipinski definition) is 1. The molecule has 1 N–H and O–H groups in total. The predicted octanol–water partition coefficient (Wildman–Crippen LogP) is 11.9. The second kappa shape index (κ2) is 21.7. The van der Waals surface area contributed by atoms with Crippen LogP contribution < -0.4 is 5.32 Å². The molecule has 332 valence electrons. The zero-order valence-electron chi connectivity index (χ0n) is 37.5. The van der Waals surface area contributed by atoms with E-state index in [1.54, 1.807) is 48.5 Å². The Kier molecular flexibility index (Phi) is 15.9. The monoisotopic (exact) mass is 892 g/mol. The summed E-state index contributed by atoms with van der Waals surface area (Å²) in [5.41, 5.74) is 8.74. The Balaban J connectivity index is 0.000000223. The number of rotatable bonds is 9. The molecule has 0 atom stereocenters. The summed E-state index contributed by atoms with van der Waals surface area (Å²) >= 11 is 0. The number of benzene rings is 4. The van der Waals surface area contributed by atoms with Crippen molar-refractivity contribution in [1.82, 2.24) is 10.2 Å². The maximum atomic E-state index is 13.5. The summed E-state index contributed by atoms with van der Waals surface area (Å²) < 4.78 is 0. The maximum absolute atomic E-state index is 13.5. The minimum Gasteiger partial charge on any atom is -0.342 e. The molecule has 1 amide bonds. The van der Waals surface area contributed by atoms with Crippen LogP contribution in [0.2, 0.25) is 0 Å². The first-order valence-electron chi connectivity index (χ1n) is 22.5. The summed E-state index contributed by atoms with van der Waals surface area (Å²) in [4.78, 5) is 48.7. The van der Waals surface area contributed by atoms with Crippen molar-refractivity contribution < 1.29 is 14.4 Å². The normalized spacial score (nSPS) is 19.2. The van der Waals surface area contributed by atoms with Gasteiger partial charge in [0.15, 0.2) is 22.9 Å². The van der Waals surface area contributed by atoms with Crippen LogP contribution in [-0.2, 0) is 14.4 Å². The lowest BCUT2D eigenvalue weighted by atomic mass is 9.54. The quantitative estimate of drug-likeness (QED) is 0.132. The van der Waals surface area contributed by atoms with Gasteiger partial charge >= 0.3 is 0 Å². The van der Waals surface area contributed by atoms with Gasteiger partial charge in [0.05, 0.1) is 36.4 Å². The molecule has 4 aromatic rings. The van der Waals surface area contributed by atoms with Crippen molar-refractivity contribution in [3.8, 4) is 12.1 Å². The highest BCUT2D eigenvalue weighted by Gasteiger charge is 2.55. The third-order valence-corrected chi connectivity index (χ3v) is 13.4. The van der Waals surface area contributed by atoms with Gasteiger partial charge in [-0.05, 0) is 122 Å². The number of Topliss-reactive ketones (excluding diaryl/α,β-unsaturated/α-hetero) is 2. The van der Waals surface area contributed by atoms with Crippen molar-refractivity contribution in [2.45, 2.75) is 65.2 Å². The van der Waals surface area contributed by atoms with E-state index in [1.807, 2.05) is 77.7 Å². The van der Waals surface area contributed by atoms with Crippen LogP contribution in [0.5, 0.6) is 0 Å². The van der Waals surface area contributed by atoms with Gasteiger partial charge in [-0.1, -0.05) is 99.5 Å². The Labute approximate surface area is 394 Å². The largest absolute Gasteiger partial charge is 0.342 e. The first kappa shape index (κ1) is 48.3. The number of allylic oxidation sites excluding steroid dienone is 4. The number of carbonyl (C=O) groups is 3. The number of nitrogens with one attached hydrogen (secondary N) is 1. The number of hydrogen-bond acceptors (Lipinski definition) is 6. The summed E-state index contributed by atoms with van der Waals surface area (Å²) in [5, 5.41) is 21.5. The highest BCUT2D eigenvalue weighted by atomic mass is 35.5. The number of ketones is 2. The van der Waals surface area contributed by atoms with Crippen molar-refractivity contribution in [3.63, 3.8) is 0 Å². The van der Waals surface area contributed by atoms with Crippen molar-refractivity contribution in [2.75, 3.05) is 26.2 Å². The van der Waals surface area contributed by atoms with Gasteiger partial charge in [0.1, 0.15) is 0 Å². The van der Waals surface area contributed by atoms with Crippen LogP contribution in [0, 0.1) is 52.6 Å². The molecule has 2 aliphatic carbocycles. The standard InChI is InChI=1S/C32H33N3O2.C24H19N3O.ClH/c1-4-6-26(7-5-2)31(37)35-18-16-32(17-19-35)28(20-23-8-10-25(22-33)11-9-23)30(36)29(32)21-24-12-14-27(34-3)15-13-24;1-26-20-8-6-18(7-9-20)15-22-23(28)21(24(22)10-12-27-13-11-24)14-17-2-4-19(16-25)5-3-17;/h8-15,20-21,26H,4-7,16-19H2,1-2H3;2-9,14-15,27H,10-13H2;1H/b28-20-,29-21-;21-14-,22-15-;. The molecule has 0 radical (unpaired) electrons. The Morgan fingerprint density at radius 3 is 1.27 bits per heavy atom. The average Bonchev–Trinajstić information content (AvgIpc) is 3.36. The SMILES string of the molecule is Cl.[C-]#[N+]c1ccc(/C=C2/C(=O)/C(=C/c3ccc(C#N)cc3)C23CCN(C(=O)C(CCC)CCC)CC3)cc1.[C-]#[N+]c1ccc(/C=C2/C(=O)/C(=C/c3ccc(C#N)cc3)C23CCNCC3)cc1. The van der Waals surface area contributed by atoms with Gasteiger partial charge in [0.25, 0.3) is 0 Å². The zero-order chi connectivity index (χ0) is 46.0. The van der Waals surface area contributed by atoms with Gasteiger partial charge in [-0.25, -0.2) is 9.69 Å². The lowest BCUT2D eigenvalue weighted by Crippen LogP contribution is -2.53. The highest BCUT2D eigenvalue weighted by Crippen LogP contribution is 2.57. The number of piperidine rings is 2. The van der Waals surface area contributed by atoms with E-state index >= 15 is 0 Å². The zero-order valence-corrected chi connectivity index (χ0v) is 38.3. The Morgan fingerprint density at radius 2 is 0.955 bits per heavy atom. The van der Waals surface area contributed by atoms with Gasteiger partial charge in [0.2, 0.25) is 5.91 Å². The fourth-order valence-corrected chi connectivity index (χ4v) is 9.79. The van der Waals surface area contributed by atoms with Crippen LogP contribution in [-0.4, -0.2) is 48.6 Å². The molecule has 0 aromatic heterocycles. The summed E-state index contributed by atoms with van der Waals surface area (Å²) in [6, 6.07) is 33.5. The molecule has 4 aliphatic rings. The van der Waals surface area contributed by atoms with Gasteiger partial charge in [0, 0.05) is 52.1 Å².